The van der Waals surface area contributed by atoms with E-state index in [4.69, 9.17) is 0 Å². The monoisotopic (exact) mass is 222 g/mol. The van der Waals surface area contributed by atoms with E-state index in [1.165, 1.54) is 19.3 Å². The van der Waals surface area contributed by atoms with Gasteiger partial charge in [0.1, 0.15) is 0 Å². The third-order valence-electron chi connectivity index (χ3n) is 4.41. The molecule has 2 saturated carbocycles. The molecule has 16 heavy (non-hydrogen) atoms. The Bertz CT molecular complexity index is 307. The Hall–Kier alpha value is -0.570. The summed E-state index contributed by atoms with van der Waals surface area (Å²) in [5.41, 5.74) is -0.127. The van der Waals surface area contributed by atoms with Gasteiger partial charge in [-0.25, -0.2) is 0 Å². The van der Waals surface area contributed by atoms with Crippen molar-refractivity contribution in [3.63, 3.8) is 0 Å². The van der Waals surface area contributed by atoms with Gasteiger partial charge in [-0.15, -0.1) is 0 Å². The highest BCUT2D eigenvalue weighted by Crippen LogP contribution is 2.44. The smallest absolute Gasteiger partial charge is 0.244 e. The molecule has 1 N–H and O–H groups in total. The molecule has 3 fully saturated rings. The summed E-state index contributed by atoms with van der Waals surface area (Å²) < 4.78 is 0. The van der Waals surface area contributed by atoms with Crippen LogP contribution in [0.2, 0.25) is 0 Å². The van der Waals surface area contributed by atoms with Crippen LogP contribution >= 0.6 is 0 Å². The van der Waals surface area contributed by atoms with Crippen LogP contribution in [-0.2, 0) is 4.79 Å². The number of nitrogens with one attached hydrogen (secondary N) is 1. The molecule has 3 nitrogen and oxygen atoms in total. The number of carbonyl (C=O) groups is 1. The average molecular weight is 222 g/mol. The summed E-state index contributed by atoms with van der Waals surface area (Å²) in [6, 6.07) is 0.428. The van der Waals surface area contributed by atoms with Crippen LogP contribution in [0.4, 0.5) is 0 Å². The Morgan fingerprint density at radius 3 is 2.69 bits per heavy atom. The van der Waals surface area contributed by atoms with Crippen molar-refractivity contribution in [2.24, 2.45) is 5.92 Å². The van der Waals surface area contributed by atoms with Crippen molar-refractivity contribution in [1.82, 2.24) is 10.2 Å². The van der Waals surface area contributed by atoms with Gasteiger partial charge in [0.25, 0.3) is 0 Å². The van der Waals surface area contributed by atoms with Crippen molar-refractivity contribution >= 4 is 5.91 Å². The summed E-state index contributed by atoms with van der Waals surface area (Å²) in [5, 5.41) is 3.54. The lowest BCUT2D eigenvalue weighted by atomic mass is 10.1. The van der Waals surface area contributed by atoms with Gasteiger partial charge in [-0.3, -0.25) is 10.1 Å². The second-order valence-corrected chi connectivity index (χ2v) is 5.89. The zero-order valence-electron chi connectivity index (χ0n) is 10.3. The normalized spacial score (nSPS) is 33.5. The zero-order chi connectivity index (χ0) is 11.3. The van der Waals surface area contributed by atoms with Gasteiger partial charge in [0.2, 0.25) is 5.91 Å². The lowest BCUT2D eigenvalue weighted by Gasteiger charge is -2.29. The Kier molecular flexibility index (Phi) is 2.29. The highest BCUT2D eigenvalue weighted by molar-refractivity contribution is 5.92. The van der Waals surface area contributed by atoms with Crippen molar-refractivity contribution in [2.45, 2.75) is 70.1 Å². The summed E-state index contributed by atoms with van der Waals surface area (Å²) in [7, 11) is 0. The number of carbonyl (C=O) groups excluding carboxylic acids is 1. The van der Waals surface area contributed by atoms with E-state index < -0.39 is 0 Å². The van der Waals surface area contributed by atoms with Crippen molar-refractivity contribution in [1.29, 1.82) is 0 Å². The van der Waals surface area contributed by atoms with Crippen LogP contribution in [0.1, 0.15) is 52.4 Å². The SMILES string of the molecule is CCC1NC2(CC2)C(=O)N1C(C)CC1CC1. The van der Waals surface area contributed by atoms with Crippen LogP contribution < -0.4 is 5.32 Å². The zero-order valence-corrected chi connectivity index (χ0v) is 10.3. The van der Waals surface area contributed by atoms with E-state index in [-0.39, 0.29) is 5.54 Å². The van der Waals surface area contributed by atoms with Gasteiger partial charge in [0, 0.05) is 6.04 Å². The van der Waals surface area contributed by atoms with E-state index >= 15 is 0 Å². The van der Waals surface area contributed by atoms with Crippen molar-refractivity contribution in [3.05, 3.63) is 0 Å². The number of hydrogen-bond donors (Lipinski definition) is 1. The molecule has 2 unspecified atom stereocenters. The minimum atomic E-state index is -0.127. The molecule has 1 amide bonds. The van der Waals surface area contributed by atoms with Crippen LogP contribution in [-0.4, -0.2) is 28.6 Å². The molecule has 3 heteroatoms. The van der Waals surface area contributed by atoms with Gasteiger partial charge in [-0.2, -0.15) is 0 Å². The third-order valence-corrected chi connectivity index (χ3v) is 4.41. The molecule has 2 aliphatic carbocycles. The molecule has 1 spiro atoms. The maximum Gasteiger partial charge on any atom is 0.244 e. The fourth-order valence-corrected chi connectivity index (χ4v) is 3.08. The van der Waals surface area contributed by atoms with E-state index in [2.05, 4.69) is 24.1 Å². The van der Waals surface area contributed by atoms with Crippen molar-refractivity contribution in [2.75, 3.05) is 0 Å². The summed E-state index contributed by atoms with van der Waals surface area (Å²) in [6.45, 7) is 4.39. The second kappa shape index (κ2) is 3.46. The van der Waals surface area contributed by atoms with E-state index in [0.717, 1.165) is 25.2 Å². The lowest BCUT2D eigenvalue weighted by molar-refractivity contribution is -0.132. The first kappa shape index (κ1) is 10.6. The molecule has 1 heterocycles. The molecule has 3 rings (SSSR count). The average Bonchev–Trinajstić information content (AvgIpc) is 3.12. The first-order chi connectivity index (χ1) is 7.66. The Morgan fingerprint density at radius 1 is 1.50 bits per heavy atom. The van der Waals surface area contributed by atoms with Gasteiger partial charge in [-0.1, -0.05) is 19.8 Å². The van der Waals surface area contributed by atoms with Crippen LogP contribution in [0, 0.1) is 5.92 Å². The van der Waals surface area contributed by atoms with Crippen LogP contribution in [0.3, 0.4) is 0 Å². The molecule has 0 aromatic heterocycles. The van der Waals surface area contributed by atoms with Crippen LogP contribution in [0.5, 0.6) is 0 Å². The summed E-state index contributed by atoms with van der Waals surface area (Å²) >= 11 is 0. The molecule has 0 radical (unpaired) electrons. The summed E-state index contributed by atoms with van der Waals surface area (Å²) in [5.74, 6) is 1.28. The molecule has 3 aliphatic rings. The topological polar surface area (TPSA) is 32.3 Å². The molecule has 0 bridgehead atoms. The minimum absolute atomic E-state index is 0.127. The van der Waals surface area contributed by atoms with Gasteiger partial charge in [-0.05, 0) is 38.5 Å². The second-order valence-electron chi connectivity index (χ2n) is 5.89. The van der Waals surface area contributed by atoms with Crippen molar-refractivity contribution < 1.29 is 4.79 Å². The summed E-state index contributed by atoms with van der Waals surface area (Å²) in [6.07, 6.45) is 7.39. The maximum atomic E-state index is 12.4. The molecule has 1 saturated heterocycles. The molecular formula is C13H22N2O. The number of nitrogens with zero attached hydrogens (tertiary/aromatic N) is 1. The van der Waals surface area contributed by atoms with E-state index in [1.54, 1.807) is 0 Å². The van der Waals surface area contributed by atoms with Crippen molar-refractivity contribution in [3.8, 4) is 0 Å². The minimum Gasteiger partial charge on any atom is -0.323 e. The predicted octanol–water partition coefficient (Wildman–Crippen LogP) is 1.88. The van der Waals surface area contributed by atoms with E-state index in [0.29, 0.717) is 18.1 Å². The maximum absolute atomic E-state index is 12.4. The Balaban J connectivity index is 1.72. The Morgan fingerprint density at radius 2 is 2.19 bits per heavy atom. The Labute approximate surface area is 97.6 Å². The number of amides is 1. The van der Waals surface area contributed by atoms with Crippen LogP contribution in [0.15, 0.2) is 0 Å². The van der Waals surface area contributed by atoms with Gasteiger partial charge in [0.15, 0.2) is 0 Å². The molecule has 0 aromatic rings. The standard InChI is InChI=1S/C13H22N2O/c1-3-11-14-13(6-7-13)12(16)15(11)9(2)8-10-4-5-10/h9-11,14H,3-8H2,1-2H3. The largest absolute Gasteiger partial charge is 0.323 e. The molecular weight excluding hydrogens is 200 g/mol. The highest BCUT2D eigenvalue weighted by Gasteiger charge is 2.59. The molecule has 90 valence electrons. The molecule has 2 atom stereocenters. The van der Waals surface area contributed by atoms with E-state index in [1.807, 2.05) is 0 Å². The highest BCUT2D eigenvalue weighted by atomic mass is 16.2. The van der Waals surface area contributed by atoms with Gasteiger partial charge >= 0.3 is 0 Å². The van der Waals surface area contributed by atoms with Crippen LogP contribution in [0.25, 0.3) is 0 Å². The lowest BCUT2D eigenvalue weighted by Crippen LogP contribution is -2.43. The fourth-order valence-electron chi connectivity index (χ4n) is 3.08. The number of hydrogen-bond acceptors (Lipinski definition) is 2. The van der Waals surface area contributed by atoms with Gasteiger partial charge < -0.3 is 4.90 Å². The van der Waals surface area contributed by atoms with E-state index in [9.17, 15) is 4.79 Å². The molecule has 0 aromatic carbocycles. The fraction of sp³-hybridized carbons (Fsp3) is 0.923. The third kappa shape index (κ3) is 1.56. The first-order valence-corrected chi connectivity index (χ1v) is 6.77. The molecule has 1 aliphatic heterocycles. The first-order valence-electron chi connectivity index (χ1n) is 6.77. The predicted molar refractivity (Wildman–Crippen MR) is 62.8 cm³/mol. The quantitative estimate of drug-likeness (QED) is 0.787. The number of rotatable bonds is 4. The summed E-state index contributed by atoms with van der Waals surface area (Å²) in [4.78, 5) is 14.5. The van der Waals surface area contributed by atoms with Gasteiger partial charge in [0.05, 0.1) is 11.7 Å².